The average molecular weight is 506 g/mol. The third-order valence-electron chi connectivity index (χ3n) is 7.53. The monoisotopic (exact) mass is 505 g/mol. The molecular weight excluding hydrogens is 470 g/mol. The van der Waals surface area contributed by atoms with Crippen molar-refractivity contribution >= 4 is 22.5 Å². The Balaban J connectivity index is 1.53. The van der Waals surface area contributed by atoms with Gasteiger partial charge in [-0.2, -0.15) is 0 Å². The van der Waals surface area contributed by atoms with E-state index in [-0.39, 0.29) is 17.5 Å². The molecule has 1 spiro atoms. The Bertz CT molecular complexity index is 1320. The first-order chi connectivity index (χ1) is 17.9. The third kappa shape index (κ3) is 4.87. The van der Waals surface area contributed by atoms with Crippen LogP contribution >= 0.6 is 0 Å². The van der Waals surface area contributed by atoms with Crippen LogP contribution in [0, 0.1) is 6.92 Å². The Hall–Kier alpha value is -3.59. The number of nitrogens with zero attached hydrogens (tertiary/aromatic N) is 3. The molecule has 1 aliphatic heterocycles. The van der Waals surface area contributed by atoms with Crippen LogP contribution in [0.2, 0.25) is 0 Å². The molecule has 1 atom stereocenters. The van der Waals surface area contributed by atoms with Crippen molar-refractivity contribution in [2.45, 2.75) is 44.7 Å². The van der Waals surface area contributed by atoms with Crippen LogP contribution in [0.4, 0.5) is 5.69 Å². The van der Waals surface area contributed by atoms with E-state index in [1.165, 1.54) is 12.8 Å². The first-order valence-corrected chi connectivity index (χ1v) is 12.7. The van der Waals surface area contributed by atoms with Crippen molar-refractivity contribution in [1.29, 1.82) is 0 Å². The Kier molecular flexibility index (Phi) is 6.81. The van der Waals surface area contributed by atoms with Crippen molar-refractivity contribution in [3.8, 4) is 17.4 Å². The van der Waals surface area contributed by atoms with Crippen LogP contribution in [-0.4, -0.2) is 62.4 Å². The SMILES string of the molecule is COc1ccc([C@H](C)NC(=O)c2cnc3c(OC)nc(C)cc3c2N2CCNC3(CC2)CC3)cc1OC. The number of aryl methyl sites for hydroxylation is 1. The Morgan fingerprint density at radius 3 is 2.57 bits per heavy atom. The van der Waals surface area contributed by atoms with Gasteiger partial charge in [-0.3, -0.25) is 4.79 Å². The summed E-state index contributed by atoms with van der Waals surface area (Å²) in [5.41, 5.74) is 4.07. The summed E-state index contributed by atoms with van der Waals surface area (Å²) in [6, 6.07) is 7.41. The van der Waals surface area contributed by atoms with Gasteiger partial charge < -0.3 is 29.7 Å². The van der Waals surface area contributed by atoms with Gasteiger partial charge in [-0.25, -0.2) is 9.97 Å². The average Bonchev–Trinajstić information content (AvgIpc) is 3.72. The van der Waals surface area contributed by atoms with Gasteiger partial charge in [-0.05, 0) is 56.9 Å². The summed E-state index contributed by atoms with van der Waals surface area (Å²) in [6.07, 6.45) is 5.12. The summed E-state index contributed by atoms with van der Waals surface area (Å²) in [4.78, 5) is 25.2. The van der Waals surface area contributed by atoms with Gasteiger partial charge >= 0.3 is 0 Å². The van der Waals surface area contributed by atoms with E-state index in [2.05, 4.69) is 25.5 Å². The number of fused-ring (bicyclic) bond motifs is 1. The highest BCUT2D eigenvalue weighted by Gasteiger charge is 2.43. The fourth-order valence-corrected chi connectivity index (χ4v) is 5.21. The number of rotatable bonds is 7. The zero-order valence-corrected chi connectivity index (χ0v) is 22.2. The molecule has 2 N–H and O–H groups in total. The van der Waals surface area contributed by atoms with Gasteiger partial charge in [0.1, 0.15) is 5.52 Å². The summed E-state index contributed by atoms with van der Waals surface area (Å²) in [5, 5.41) is 7.77. The molecule has 9 heteroatoms. The molecule has 3 aromatic rings. The molecule has 9 nitrogen and oxygen atoms in total. The predicted octanol–water partition coefficient (Wildman–Crippen LogP) is 3.79. The number of hydrogen-bond donors (Lipinski definition) is 2. The molecule has 1 amide bonds. The number of methoxy groups -OCH3 is 3. The summed E-state index contributed by atoms with van der Waals surface area (Å²) in [7, 11) is 4.80. The molecule has 0 unspecified atom stereocenters. The van der Waals surface area contributed by atoms with E-state index in [4.69, 9.17) is 14.2 Å². The van der Waals surface area contributed by atoms with Crippen LogP contribution in [0.25, 0.3) is 10.9 Å². The van der Waals surface area contributed by atoms with Crippen molar-refractivity contribution in [3.05, 3.63) is 47.3 Å². The second-order valence-corrected chi connectivity index (χ2v) is 9.94. The lowest BCUT2D eigenvalue weighted by Gasteiger charge is -2.27. The maximum atomic E-state index is 13.8. The molecule has 196 valence electrons. The molecule has 5 rings (SSSR count). The molecule has 3 heterocycles. The van der Waals surface area contributed by atoms with E-state index in [1.807, 2.05) is 38.1 Å². The van der Waals surface area contributed by atoms with Gasteiger partial charge in [0.25, 0.3) is 5.91 Å². The van der Waals surface area contributed by atoms with E-state index in [9.17, 15) is 4.79 Å². The van der Waals surface area contributed by atoms with E-state index in [0.717, 1.165) is 48.4 Å². The van der Waals surface area contributed by atoms with E-state index >= 15 is 0 Å². The molecule has 1 aromatic carbocycles. The van der Waals surface area contributed by atoms with E-state index < -0.39 is 0 Å². The summed E-state index contributed by atoms with van der Waals surface area (Å²) in [5.74, 6) is 1.55. The van der Waals surface area contributed by atoms with Gasteiger partial charge in [0.2, 0.25) is 5.88 Å². The molecule has 2 aliphatic rings. The zero-order valence-electron chi connectivity index (χ0n) is 22.2. The topological polar surface area (TPSA) is 97.8 Å². The Morgan fingerprint density at radius 1 is 1.08 bits per heavy atom. The van der Waals surface area contributed by atoms with Gasteiger partial charge in [0.15, 0.2) is 11.5 Å². The van der Waals surface area contributed by atoms with Crippen LogP contribution in [0.1, 0.15) is 53.8 Å². The zero-order chi connectivity index (χ0) is 26.2. The van der Waals surface area contributed by atoms with Gasteiger partial charge in [-0.15, -0.1) is 0 Å². The second kappa shape index (κ2) is 10.0. The largest absolute Gasteiger partial charge is 0.493 e. The first kappa shape index (κ1) is 25.1. The highest BCUT2D eigenvalue weighted by atomic mass is 16.5. The fourth-order valence-electron chi connectivity index (χ4n) is 5.21. The van der Waals surface area contributed by atoms with Crippen molar-refractivity contribution in [3.63, 3.8) is 0 Å². The molecule has 1 saturated heterocycles. The lowest BCUT2D eigenvalue weighted by atomic mass is 10.0. The lowest BCUT2D eigenvalue weighted by Crippen LogP contribution is -2.33. The highest BCUT2D eigenvalue weighted by molar-refractivity contribution is 6.08. The molecule has 1 saturated carbocycles. The first-order valence-electron chi connectivity index (χ1n) is 12.7. The predicted molar refractivity (Wildman–Crippen MR) is 143 cm³/mol. The molecule has 2 fully saturated rings. The fraction of sp³-hybridized carbons (Fsp3) is 0.464. The minimum atomic E-state index is -0.259. The van der Waals surface area contributed by atoms with Crippen molar-refractivity contribution in [1.82, 2.24) is 20.6 Å². The number of benzene rings is 1. The minimum absolute atomic E-state index is 0.182. The number of carbonyl (C=O) groups excluding carboxylic acids is 1. The number of hydrogen-bond acceptors (Lipinski definition) is 8. The van der Waals surface area contributed by atoms with E-state index in [0.29, 0.717) is 28.5 Å². The van der Waals surface area contributed by atoms with Crippen LogP contribution in [-0.2, 0) is 0 Å². The smallest absolute Gasteiger partial charge is 0.255 e. The normalized spacial score (nSPS) is 17.3. The molecule has 2 aromatic heterocycles. The van der Waals surface area contributed by atoms with Crippen molar-refractivity contribution in [2.75, 3.05) is 45.9 Å². The molecule has 37 heavy (non-hydrogen) atoms. The Labute approximate surface area is 217 Å². The van der Waals surface area contributed by atoms with E-state index in [1.54, 1.807) is 27.5 Å². The van der Waals surface area contributed by atoms with Crippen LogP contribution in [0.3, 0.4) is 0 Å². The number of pyridine rings is 2. The van der Waals surface area contributed by atoms with Crippen LogP contribution in [0.15, 0.2) is 30.5 Å². The third-order valence-corrected chi connectivity index (χ3v) is 7.53. The Morgan fingerprint density at radius 2 is 1.86 bits per heavy atom. The quantitative estimate of drug-likeness (QED) is 0.501. The molecule has 1 aliphatic carbocycles. The number of amides is 1. The maximum Gasteiger partial charge on any atom is 0.255 e. The van der Waals surface area contributed by atoms with Crippen molar-refractivity contribution < 1.29 is 19.0 Å². The summed E-state index contributed by atoms with van der Waals surface area (Å²) < 4.78 is 16.4. The summed E-state index contributed by atoms with van der Waals surface area (Å²) in [6.45, 7) is 6.42. The van der Waals surface area contributed by atoms with Crippen molar-refractivity contribution in [2.24, 2.45) is 0 Å². The van der Waals surface area contributed by atoms with Crippen LogP contribution < -0.4 is 29.7 Å². The minimum Gasteiger partial charge on any atom is -0.493 e. The maximum absolute atomic E-state index is 13.8. The highest BCUT2D eigenvalue weighted by Crippen LogP contribution is 2.41. The van der Waals surface area contributed by atoms with Gasteiger partial charge in [0, 0.05) is 42.5 Å². The standard InChI is InChI=1S/C28H35N5O4/c1-17-14-20-24(27(31-17)37-5)29-16-21(25(20)33-12-10-28(8-9-28)30-11-13-33)26(34)32-18(2)19-6-7-22(35-3)23(15-19)36-4/h6-7,14-16,18,30H,8-13H2,1-5H3,(H,32,34)/t18-/m0/s1. The van der Waals surface area contributed by atoms with Crippen LogP contribution in [0.5, 0.6) is 17.4 Å². The van der Waals surface area contributed by atoms with Gasteiger partial charge in [-0.1, -0.05) is 6.07 Å². The molecule has 0 radical (unpaired) electrons. The lowest BCUT2D eigenvalue weighted by molar-refractivity contribution is 0.0940. The summed E-state index contributed by atoms with van der Waals surface area (Å²) >= 11 is 0. The number of ether oxygens (including phenoxy) is 3. The molecular formula is C28H35N5O4. The number of nitrogens with one attached hydrogen (secondary N) is 2. The number of anilines is 1. The number of aromatic nitrogens is 2. The second-order valence-electron chi connectivity index (χ2n) is 9.94. The number of carbonyl (C=O) groups is 1. The molecule has 0 bridgehead atoms. The van der Waals surface area contributed by atoms with Gasteiger partial charge in [0.05, 0.1) is 38.6 Å².